The molecule has 158 valence electrons. The van der Waals surface area contributed by atoms with Crippen LogP contribution in [-0.4, -0.2) is 25.1 Å². The van der Waals surface area contributed by atoms with Crippen molar-refractivity contribution >= 4 is 21.8 Å². The number of carbonyl (C=O) groups excluding carboxylic acids is 2. The first-order chi connectivity index (χ1) is 14.4. The molecule has 30 heavy (non-hydrogen) atoms. The molecule has 2 amide bonds. The van der Waals surface area contributed by atoms with Gasteiger partial charge in [0.05, 0.1) is 23.3 Å². The Morgan fingerprint density at radius 2 is 1.57 bits per heavy atom. The minimum atomic E-state index is -3.73. The highest BCUT2D eigenvalue weighted by molar-refractivity contribution is 7.89. The van der Waals surface area contributed by atoms with Crippen LogP contribution in [0.3, 0.4) is 0 Å². The van der Waals surface area contributed by atoms with Crippen LogP contribution in [0.4, 0.5) is 0 Å². The zero-order chi connectivity index (χ0) is 21.3. The van der Waals surface area contributed by atoms with Crippen LogP contribution in [0.25, 0.3) is 0 Å². The predicted molar refractivity (Wildman–Crippen MR) is 113 cm³/mol. The fraction of sp³-hybridized carbons (Fsp3) is 0.391. The van der Waals surface area contributed by atoms with Gasteiger partial charge in [0.25, 0.3) is 0 Å². The molecule has 0 spiro atoms. The molecule has 0 bridgehead atoms. The molecule has 1 N–H and O–H groups in total. The van der Waals surface area contributed by atoms with E-state index in [2.05, 4.69) is 4.72 Å². The summed E-state index contributed by atoms with van der Waals surface area (Å²) in [5.41, 5.74) is 2.12. The Bertz CT molecular complexity index is 1040. The van der Waals surface area contributed by atoms with E-state index in [9.17, 15) is 18.0 Å². The Morgan fingerprint density at radius 3 is 2.20 bits per heavy atom. The number of fused-ring (bicyclic) bond motifs is 1. The summed E-state index contributed by atoms with van der Waals surface area (Å²) in [6.45, 7) is 2.05. The van der Waals surface area contributed by atoms with Crippen LogP contribution in [0.15, 0.2) is 53.4 Å². The summed E-state index contributed by atoms with van der Waals surface area (Å²) in [6, 6.07) is 14.4. The molecular weight excluding hydrogens is 400 g/mol. The lowest BCUT2D eigenvalue weighted by Crippen LogP contribution is -2.30. The van der Waals surface area contributed by atoms with Crippen molar-refractivity contribution in [3.05, 3.63) is 65.2 Å². The maximum Gasteiger partial charge on any atom is 0.241 e. The van der Waals surface area contributed by atoms with Crippen LogP contribution in [0, 0.1) is 18.8 Å². The summed E-state index contributed by atoms with van der Waals surface area (Å²) in [5.74, 6) is -0.631. The summed E-state index contributed by atoms with van der Waals surface area (Å²) in [5, 5.41) is 0. The SMILES string of the molecule is Cc1ccc(CN2C(=O)C3CCCCC3C2=O)cc1S(=O)(=O)NCc1ccccc1. The molecule has 2 aromatic rings. The van der Waals surface area contributed by atoms with Crippen molar-refractivity contribution in [2.45, 2.75) is 50.6 Å². The van der Waals surface area contributed by atoms with E-state index in [4.69, 9.17) is 0 Å². The van der Waals surface area contributed by atoms with Gasteiger partial charge in [0.2, 0.25) is 21.8 Å². The maximum atomic E-state index is 12.9. The second-order valence-corrected chi connectivity index (χ2v) is 9.91. The number of nitrogens with zero attached hydrogens (tertiary/aromatic N) is 1. The minimum absolute atomic E-state index is 0.114. The first kappa shape index (κ1) is 20.8. The number of carbonyl (C=O) groups is 2. The van der Waals surface area contributed by atoms with Crippen molar-refractivity contribution in [3.8, 4) is 0 Å². The molecule has 6 nitrogen and oxygen atoms in total. The van der Waals surface area contributed by atoms with Crippen molar-refractivity contribution in [1.82, 2.24) is 9.62 Å². The third-order valence-electron chi connectivity index (χ3n) is 6.12. The molecule has 0 radical (unpaired) electrons. The van der Waals surface area contributed by atoms with Crippen LogP contribution >= 0.6 is 0 Å². The lowest BCUT2D eigenvalue weighted by molar-refractivity contribution is -0.140. The zero-order valence-corrected chi connectivity index (χ0v) is 17.8. The van der Waals surface area contributed by atoms with Crippen LogP contribution in [-0.2, 0) is 32.7 Å². The number of aryl methyl sites for hydroxylation is 1. The molecule has 7 heteroatoms. The van der Waals surface area contributed by atoms with Crippen molar-refractivity contribution < 1.29 is 18.0 Å². The zero-order valence-electron chi connectivity index (χ0n) is 17.0. The van der Waals surface area contributed by atoms with Gasteiger partial charge >= 0.3 is 0 Å². The number of nitrogens with one attached hydrogen (secondary N) is 1. The van der Waals surface area contributed by atoms with Gasteiger partial charge in [-0.3, -0.25) is 14.5 Å². The number of benzene rings is 2. The number of imide groups is 1. The minimum Gasteiger partial charge on any atom is -0.278 e. The van der Waals surface area contributed by atoms with Crippen LogP contribution in [0.5, 0.6) is 0 Å². The lowest BCUT2D eigenvalue weighted by atomic mass is 9.81. The Hall–Kier alpha value is -2.51. The quantitative estimate of drug-likeness (QED) is 0.720. The first-order valence-electron chi connectivity index (χ1n) is 10.3. The Kier molecular flexibility index (Phi) is 5.75. The highest BCUT2D eigenvalue weighted by Gasteiger charge is 2.47. The van der Waals surface area contributed by atoms with Gasteiger partial charge in [-0.05, 0) is 42.5 Å². The molecule has 4 rings (SSSR count). The molecule has 2 fully saturated rings. The standard InChI is InChI=1S/C23H26N2O4S/c1-16-11-12-18(15-25-22(26)19-9-5-6-10-20(19)23(25)27)13-21(16)30(28,29)24-14-17-7-3-2-4-8-17/h2-4,7-8,11-13,19-20,24H,5-6,9-10,14-15H2,1H3. The topological polar surface area (TPSA) is 83.6 Å². The number of likely N-dealkylation sites (tertiary alicyclic amines) is 1. The highest BCUT2D eigenvalue weighted by atomic mass is 32.2. The van der Waals surface area contributed by atoms with E-state index < -0.39 is 10.0 Å². The smallest absolute Gasteiger partial charge is 0.241 e. The maximum absolute atomic E-state index is 12.9. The Labute approximate surface area is 177 Å². The summed E-state index contributed by atoms with van der Waals surface area (Å²) in [7, 11) is -3.73. The predicted octanol–water partition coefficient (Wildman–Crippen LogP) is 3.15. The second-order valence-electron chi connectivity index (χ2n) is 8.17. The van der Waals surface area contributed by atoms with E-state index in [0.717, 1.165) is 31.2 Å². The molecule has 1 aliphatic heterocycles. The number of amides is 2. The molecule has 2 aliphatic rings. The monoisotopic (exact) mass is 426 g/mol. The van der Waals surface area contributed by atoms with Gasteiger partial charge < -0.3 is 0 Å². The highest BCUT2D eigenvalue weighted by Crippen LogP contribution is 2.38. The van der Waals surface area contributed by atoms with E-state index in [1.165, 1.54) is 4.90 Å². The normalized spacial score (nSPS) is 21.7. The molecule has 2 aromatic carbocycles. The van der Waals surface area contributed by atoms with Crippen LogP contribution in [0.1, 0.15) is 42.4 Å². The fourth-order valence-corrected chi connectivity index (χ4v) is 5.76. The molecule has 2 atom stereocenters. The summed E-state index contributed by atoms with van der Waals surface area (Å²) >= 11 is 0. The fourth-order valence-electron chi connectivity index (χ4n) is 4.45. The lowest BCUT2D eigenvalue weighted by Gasteiger charge is -2.19. The third kappa shape index (κ3) is 4.04. The van der Waals surface area contributed by atoms with Gasteiger partial charge in [-0.1, -0.05) is 55.3 Å². The van der Waals surface area contributed by atoms with Gasteiger partial charge in [-0.25, -0.2) is 13.1 Å². The number of sulfonamides is 1. The molecule has 1 saturated heterocycles. The molecule has 0 aromatic heterocycles. The van der Waals surface area contributed by atoms with Crippen molar-refractivity contribution in [2.24, 2.45) is 11.8 Å². The second kappa shape index (κ2) is 8.32. The average Bonchev–Trinajstić information content (AvgIpc) is 2.99. The van der Waals surface area contributed by atoms with Crippen LogP contribution < -0.4 is 4.72 Å². The van der Waals surface area contributed by atoms with Crippen molar-refractivity contribution in [2.75, 3.05) is 0 Å². The Balaban J connectivity index is 1.53. The van der Waals surface area contributed by atoms with E-state index in [0.29, 0.717) is 11.1 Å². The number of hydrogen-bond acceptors (Lipinski definition) is 4. The molecule has 1 aliphatic carbocycles. The van der Waals surface area contributed by atoms with Gasteiger partial charge in [0.1, 0.15) is 0 Å². The van der Waals surface area contributed by atoms with Crippen LogP contribution in [0.2, 0.25) is 0 Å². The van der Waals surface area contributed by atoms with Crippen molar-refractivity contribution in [3.63, 3.8) is 0 Å². The summed E-state index contributed by atoms with van der Waals surface area (Å²) < 4.78 is 28.4. The largest absolute Gasteiger partial charge is 0.278 e. The summed E-state index contributed by atoms with van der Waals surface area (Å²) in [6.07, 6.45) is 3.49. The van der Waals surface area contributed by atoms with Gasteiger partial charge in [-0.15, -0.1) is 0 Å². The number of hydrogen-bond donors (Lipinski definition) is 1. The van der Waals surface area contributed by atoms with E-state index >= 15 is 0 Å². The van der Waals surface area contributed by atoms with E-state index in [1.807, 2.05) is 30.3 Å². The van der Waals surface area contributed by atoms with Gasteiger partial charge in [-0.2, -0.15) is 0 Å². The van der Waals surface area contributed by atoms with Gasteiger partial charge in [0.15, 0.2) is 0 Å². The summed E-state index contributed by atoms with van der Waals surface area (Å²) in [4.78, 5) is 27.0. The van der Waals surface area contributed by atoms with Crippen molar-refractivity contribution in [1.29, 1.82) is 0 Å². The first-order valence-corrected chi connectivity index (χ1v) is 11.8. The molecule has 2 unspecified atom stereocenters. The number of rotatable bonds is 6. The van der Waals surface area contributed by atoms with E-state index in [1.54, 1.807) is 25.1 Å². The Morgan fingerprint density at radius 1 is 0.933 bits per heavy atom. The van der Waals surface area contributed by atoms with Gasteiger partial charge in [0, 0.05) is 6.54 Å². The third-order valence-corrected chi connectivity index (χ3v) is 7.67. The molecule has 1 saturated carbocycles. The average molecular weight is 427 g/mol. The van der Waals surface area contributed by atoms with E-state index in [-0.39, 0.29) is 41.6 Å². The molecular formula is C23H26N2O4S. The molecule has 1 heterocycles.